The number of nitrogens with zero attached hydrogens (tertiary/aromatic N) is 5. The Morgan fingerprint density at radius 1 is 1.07 bits per heavy atom. The number of rotatable bonds is 4. The Morgan fingerprint density at radius 2 is 1.89 bits per heavy atom. The molecule has 4 aromatic heterocycles. The molecule has 0 aliphatic heterocycles. The van der Waals surface area contributed by atoms with Crippen molar-refractivity contribution in [1.29, 1.82) is 0 Å². The average molecular weight is 374 g/mol. The van der Waals surface area contributed by atoms with Crippen LogP contribution >= 0.6 is 0 Å². The van der Waals surface area contributed by atoms with E-state index in [9.17, 15) is 4.79 Å². The van der Waals surface area contributed by atoms with Crippen LogP contribution < -0.4 is 5.32 Å². The molecule has 1 N–H and O–H groups in total. The van der Waals surface area contributed by atoms with Crippen LogP contribution in [0.3, 0.4) is 0 Å². The Hall–Kier alpha value is -3.35. The van der Waals surface area contributed by atoms with Crippen molar-refractivity contribution in [3.05, 3.63) is 48.2 Å². The molecule has 0 radical (unpaired) electrons. The van der Waals surface area contributed by atoms with Crippen molar-refractivity contribution in [3.8, 4) is 11.1 Å². The van der Waals surface area contributed by atoms with Gasteiger partial charge >= 0.3 is 0 Å². The van der Waals surface area contributed by atoms with Gasteiger partial charge in [-0.25, -0.2) is 14.5 Å². The molecule has 0 aromatic carbocycles. The molecule has 142 valence electrons. The lowest BCUT2D eigenvalue weighted by Gasteiger charge is -2.11. The molecule has 4 heterocycles. The number of hydrogen-bond donors (Lipinski definition) is 1. The third-order valence-corrected chi connectivity index (χ3v) is 4.61. The third kappa shape index (κ3) is 3.55. The summed E-state index contributed by atoms with van der Waals surface area (Å²) < 4.78 is 1.76. The fourth-order valence-corrected chi connectivity index (χ4v) is 3.00. The van der Waals surface area contributed by atoms with E-state index in [-0.39, 0.29) is 0 Å². The lowest BCUT2D eigenvalue weighted by Crippen LogP contribution is -2.00. The van der Waals surface area contributed by atoms with Gasteiger partial charge in [0.1, 0.15) is 12.1 Å². The van der Waals surface area contributed by atoms with E-state index in [2.05, 4.69) is 45.3 Å². The predicted molar refractivity (Wildman–Crippen MR) is 109 cm³/mol. The Morgan fingerprint density at radius 3 is 2.57 bits per heavy atom. The summed E-state index contributed by atoms with van der Waals surface area (Å²) in [6, 6.07) is 5.91. The maximum Gasteiger partial charge on any atom is 0.212 e. The summed E-state index contributed by atoms with van der Waals surface area (Å²) >= 11 is 0. The molecule has 0 saturated heterocycles. The van der Waals surface area contributed by atoms with E-state index in [4.69, 9.17) is 0 Å². The van der Waals surface area contributed by atoms with Crippen molar-refractivity contribution in [2.24, 2.45) is 0 Å². The number of aromatic nitrogens is 5. The van der Waals surface area contributed by atoms with Gasteiger partial charge in [-0.1, -0.05) is 26.2 Å². The fourth-order valence-electron chi connectivity index (χ4n) is 3.00. The number of nitrogens with one attached hydrogen (secondary N) is 1. The minimum Gasteiger partial charge on any atom is -0.313 e. The maximum absolute atomic E-state index is 10.7. The third-order valence-electron chi connectivity index (χ3n) is 4.61. The Balaban J connectivity index is 0.000000586. The highest BCUT2D eigenvalue weighted by molar-refractivity contribution is 5.92. The average Bonchev–Trinajstić information content (AvgIpc) is 3.52. The van der Waals surface area contributed by atoms with Crippen LogP contribution in [0.15, 0.2) is 36.9 Å². The molecule has 0 atom stereocenters. The standard InChI is InChI=1S/C18H16N6O.C3H6/c1-3-13-4-11(2)15(8-19-13)14-5-12-7-20-17(22-10-25)6-16(12)24-18(14)21-9-23-24;1-2-3-1/h4-10H,3H2,1-2H3,(H,20,22,25);1-3H2. The van der Waals surface area contributed by atoms with E-state index in [0.717, 1.165) is 45.4 Å². The highest BCUT2D eigenvalue weighted by atomic mass is 16.1. The summed E-state index contributed by atoms with van der Waals surface area (Å²) in [5.74, 6) is 0.470. The van der Waals surface area contributed by atoms with Crippen molar-refractivity contribution in [1.82, 2.24) is 24.6 Å². The number of pyridine rings is 3. The first kappa shape index (κ1) is 18.0. The summed E-state index contributed by atoms with van der Waals surface area (Å²) in [4.78, 5) is 23.9. The molecule has 7 heteroatoms. The van der Waals surface area contributed by atoms with Gasteiger partial charge in [-0.15, -0.1) is 0 Å². The van der Waals surface area contributed by atoms with Gasteiger partial charge in [0, 0.05) is 40.7 Å². The lowest BCUT2D eigenvalue weighted by molar-refractivity contribution is -0.105. The minimum atomic E-state index is 0.470. The zero-order valence-electron chi connectivity index (χ0n) is 16.0. The molecule has 1 aliphatic carbocycles. The monoisotopic (exact) mass is 374 g/mol. The maximum atomic E-state index is 10.7. The molecule has 28 heavy (non-hydrogen) atoms. The van der Waals surface area contributed by atoms with Gasteiger partial charge in [0.15, 0.2) is 5.65 Å². The molecular weight excluding hydrogens is 352 g/mol. The van der Waals surface area contributed by atoms with Crippen LogP contribution in [-0.2, 0) is 11.2 Å². The van der Waals surface area contributed by atoms with Crippen LogP contribution in [0.5, 0.6) is 0 Å². The topological polar surface area (TPSA) is 85.1 Å². The van der Waals surface area contributed by atoms with Crippen LogP contribution in [0, 0.1) is 6.92 Å². The molecule has 0 bridgehead atoms. The van der Waals surface area contributed by atoms with Gasteiger partial charge in [0.05, 0.1) is 5.52 Å². The molecule has 1 fully saturated rings. The van der Waals surface area contributed by atoms with Gasteiger partial charge in [-0.2, -0.15) is 5.10 Å². The number of carbonyl (C=O) groups excluding carboxylic acids is 1. The van der Waals surface area contributed by atoms with Crippen LogP contribution in [0.2, 0.25) is 0 Å². The molecular formula is C21H22N6O. The van der Waals surface area contributed by atoms with E-state index in [0.29, 0.717) is 12.2 Å². The SMILES string of the molecule is C1CC1.CCc1cc(C)c(-c2cc3cnc(NC=O)cc3n3ncnc23)cn1. The van der Waals surface area contributed by atoms with E-state index in [1.165, 1.54) is 25.6 Å². The van der Waals surface area contributed by atoms with Crippen LogP contribution in [-0.4, -0.2) is 31.0 Å². The molecule has 5 rings (SSSR count). The van der Waals surface area contributed by atoms with Crippen molar-refractivity contribution in [3.63, 3.8) is 0 Å². The summed E-state index contributed by atoms with van der Waals surface area (Å²) in [7, 11) is 0. The second kappa shape index (κ2) is 7.72. The number of aryl methyl sites for hydroxylation is 2. The van der Waals surface area contributed by atoms with Gasteiger partial charge in [0.25, 0.3) is 0 Å². The van der Waals surface area contributed by atoms with Gasteiger partial charge < -0.3 is 5.32 Å². The smallest absolute Gasteiger partial charge is 0.212 e. The van der Waals surface area contributed by atoms with E-state index >= 15 is 0 Å². The van der Waals surface area contributed by atoms with Gasteiger partial charge in [-0.05, 0) is 31.0 Å². The van der Waals surface area contributed by atoms with Crippen molar-refractivity contribution in [2.75, 3.05) is 5.32 Å². The number of amides is 1. The highest BCUT2D eigenvalue weighted by Gasteiger charge is 2.14. The summed E-state index contributed by atoms with van der Waals surface area (Å²) in [5.41, 5.74) is 5.74. The Labute approximate surface area is 162 Å². The molecule has 1 amide bonds. The van der Waals surface area contributed by atoms with Gasteiger partial charge in [0.2, 0.25) is 6.41 Å². The summed E-state index contributed by atoms with van der Waals surface area (Å²) in [6.07, 6.45) is 11.1. The first-order chi connectivity index (χ1) is 13.7. The van der Waals surface area contributed by atoms with Gasteiger partial charge in [-0.3, -0.25) is 9.78 Å². The molecule has 4 aromatic rings. The van der Waals surface area contributed by atoms with Crippen LogP contribution in [0.4, 0.5) is 5.82 Å². The van der Waals surface area contributed by atoms with E-state index < -0.39 is 0 Å². The van der Waals surface area contributed by atoms with Crippen molar-refractivity contribution in [2.45, 2.75) is 39.5 Å². The first-order valence-corrected chi connectivity index (χ1v) is 9.50. The minimum absolute atomic E-state index is 0.470. The molecule has 0 spiro atoms. The number of hydrogen-bond acceptors (Lipinski definition) is 5. The highest BCUT2D eigenvalue weighted by Crippen LogP contribution is 2.30. The molecule has 0 unspecified atom stereocenters. The molecule has 1 aliphatic rings. The van der Waals surface area contributed by atoms with E-state index in [1.807, 2.05) is 12.3 Å². The Kier molecular flexibility index (Phi) is 4.97. The largest absolute Gasteiger partial charge is 0.313 e. The van der Waals surface area contributed by atoms with Crippen molar-refractivity contribution < 1.29 is 4.79 Å². The second-order valence-electron chi connectivity index (χ2n) is 6.85. The Bertz CT molecular complexity index is 1150. The first-order valence-electron chi connectivity index (χ1n) is 9.50. The zero-order chi connectivity index (χ0) is 19.5. The summed E-state index contributed by atoms with van der Waals surface area (Å²) in [6.45, 7) is 4.16. The molecule has 7 nitrogen and oxygen atoms in total. The number of carbonyl (C=O) groups is 1. The van der Waals surface area contributed by atoms with Crippen molar-refractivity contribution >= 4 is 28.8 Å². The summed E-state index contributed by atoms with van der Waals surface area (Å²) in [5, 5.41) is 7.81. The van der Waals surface area contributed by atoms with Crippen LogP contribution in [0.1, 0.15) is 37.4 Å². The fraction of sp³-hybridized carbons (Fsp3) is 0.286. The number of anilines is 1. The van der Waals surface area contributed by atoms with E-state index in [1.54, 1.807) is 16.8 Å². The molecule has 1 saturated carbocycles. The quantitative estimate of drug-likeness (QED) is 0.547. The van der Waals surface area contributed by atoms with Crippen LogP contribution in [0.25, 0.3) is 27.7 Å². The predicted octanol–water partition coefficient (Wildman–Crippen LogP) is 3.95. The second-order valence-corrected chi connectivity index (χ2v) is 6.85. The normalized spacial score (nSPS) is 12.5. The zero-order valence-corrected chi connectivity index (χ0v) is 16.0. The lowest BCUT2D eigenvalue weighted by atomic mass is 10.0. The number of fused-ring (bicyclic) bond motifs is 3.